The maximum absolute atomic E-state index is 5.28. The van der Waals surface area contributed by atoms with E-state index in [1.807, 2.05) is 13.1 Å². The van der Waals surface area contributed by atoms with Gasteiger partial charge in [0.05, 0.1) is 7.11 Å². The van der Waals surface area contributed by atoms with Crippen LogP contribution in [0.2, 0.25) is 0 Å². The number of halogens is 1. The number of methoxy groups -OCH3 is 1. The summed E-state index contributed by atoms with van der Waals surface area (Å²) < 4.78 is 6.45. The first-order chi connectivity index (χ1) is 8.71. The minimum absolute atomic E-state index is 0.542. The molecular formula is C15H24BrNO. The van der Waals surface area contributed by atoms with E-state index in [1.54, 1.807) is 7.11 Å². The van der Waals surface area contributed by atoms with Crippen molar-refractivity contribution in [1.82, 2.24) is 5.32 Å². The van der Waals surface area contributed by atoms with E-state index >= 15 is 0 Å². The van der Waals surface area contributed by atoms with E-state index in [4.69, 9.17) is 4.74 Å². The quantitative estimate of drug-likeness (QED) is 0.727. The Kier molecular flexibility index (Phi) is 7.36. The van der Waals surface area contributed by atoms with Crippen molar-refractivity contribution < 1.29 is 4.74 Å². The van der Waals surface area contributed by atoms with E-state index in [-0.39, 0.29) is 0 Å². The van der Waals surface area contributed by atoms with Crippen LogP contribution in [0.5, 0.6) is 5.75 Å². The van der Waals surface area contributed by atoms with Gasteiger partial charge in [-0.3, -0.25) is 0 Å². The van der Waals surface area contributed by atoms with Crippen molar-refractivity contribution in [1.29, 1.82) is 0 Å². The second kappa shape index (κ2) is 8.54. The third-order valence-electron chi connectivity index (χ3n) is 3.28. The fraction of sp³-hybridized carbons (Fsp3) is 0.600. The number of ether oxygens (including phenoxy) is 1. The maximum Gasteiger partial charge on any atom is 0.119 e. The standard InChI is InChI=1S/C15H24BrNO/c1-4-5-6-7-13(17-2)10-12-11-14(18-3)8-9-15(12)16/h8-9,11,13,17H,4-7,10H2,1-3H3. The molecule has 2 nitrogen and oxygen atoms in total. The van der Waals surface area contributed by atoms with E-state index in [2.05, 4.69) is 40.3 Å². The molecule has 1 N–H and O–H groups in total. The maximum atomic E-state index is 5.28. The molecule has 1 atom stereocenters. The van der Waals surface area contributed by atoms with Gasteiger partial charge in [0.15, 0.2) is 0 Å². The molecule has 0 fully saturated rings. The minimum atomic E-state index is 0.542. The summed E-state index contributed by atoms with van der Waals surface area (Å²) in [7, 11) is 3.76. The van der Waals surface area contributed by atoms with E-state index < -0.39 is 0 Å². The Morgan fingerprint density at radius 2 is 2.11 bits per heavy atom. The second-order valence-corrected chi connectivity index (χ2v) is 5.50. The molecule has 18 heavy (non-hydrogen) atoms. The molecule has 0 aliphatic carbocycles. The summed E-state index contributed by atoms with van der Waals surface area (Å²) in [5.41, 5.74) is 1.31. The van der Waals surface area contributed by atoms with Crippen molar-refractivity contribution >= 4 is 15.9 Å². The molecule has 0 aliphatic heterocycles. The van der Waals surface area contributed by atoms with Gasteiger partial charge in [0, 0.05) is 10.5 Å². The number of benzene rings is 1. The zero-order valence-electron chi connectivity index (χ0n) is 11.6. The number of rotatable bonds is 8. The molecule has 0 saturated carbocycles. The van der Waals surface area contributed by atoms with Gasteiger partial charge in [0.2, 0.25) is 0 Å². The highest BCUT2D eigenvalue weighted by molar-refractivity contribution is 9.10. The zero-order chi connectivity index (χ0) is 13.4. The van der Waals surface area contributed by atoms with Crippen LogP contribution in [0.1, 0.15) is 38.2 Å². The van der Waals surface area contributed by atoms with Gasteiger partial charge >= 0.3 is 0 Å². The third kappa shape index (κ3) is 4.99. The summed E-state index contributed by atoms with van der Waals surface area (Å²) in [5.74, 6) is 0.927. The normalized spacial score (nSPS) is 12.4. The summed E-state index contributed by atoms with van der Waals surface area (Å²) in [6.07, 6.45) is 6.16. The van der Waals surface area contributed by atoms with Crippen LogP contribution < -0.4 is 10.1 Å². The largest absolute Gasteiger partial charge is 0.497 e. The van der Waals surface area contributed by atoms with Gasteiger partial charge < -0.3 is 10.1 Å². The molecular weight excluding hydrogens is 290 g/mol. The molecule has 1 rings (SSSR count). The Labute approximate surface area is 119 Å². The molecule has 102 valence electrons. The highest BCUT2D eigenvalue weighted by atomic mass is 79.9. The highest BCUT2D eigenvalue weighted by Gasteiger charge is 2.10. The fourth-order valence-corrected chi connectivity index (χ4v) is 2.50. The Morgan fingerprint density at radius 3 is 2.72 bits per heavy atom. The van der Waals surface area contributed by atoms with Crippen molar-refractivity contribution in [2.75, 3.05) is 14.2 Å². The number of likely N-dealkylation sites (N-methyl/N-ethyl adjacent to an activating group) is 1. The Bertz CT molecular complexity index is 354. The molecule has 1 unspecified atom stereocenters. The van der Waals surface area contributed by atoms with Crippen molar-refractivity contribution in [3.05, 3.63) is 28.2 Å². The van der Waals surface area contributed by atoms with Gasteiger partial charge in [-0.05, 0) is 43.7 Å². The van der Waals surface area contributed by atoms with Crippen LogP contribution >= 0.6 is 15.9 Å². The molecule has 0 bridgehead atoms. The van der Waals surface area contributed by atoms with Gasteiger partial charge in [-0.1, -0.05) is 42.1 Å². The first kappa shape index (κ1) is 15.5. The lowest BCUT2D eigenvalue weighted by Gasteiger charge is -2.17. The Morgan fingerprint density at radius 1 is 1.33 bits per heavy atom. The van der Waals surface area contributed by atoms with E-state index in [0.29, 0.717) is 6.04 Å². The first-order valence-electron chi connectivity index (χ1n) is 6.71. The van der Waals surface area contributed by atoms with Crippen LogP contribution in [0.3, 0.4) is 0 Å². The molecule has 1 aromatic rings. The van der Waals surface area contributed by atoms with Crippen LogP contribution in [0.25, 0.3) is 0 Å². The average Bonchev–Trinajstić information content (AvgIpc) is 2.40. The first-order valence-corrected chi connectivity index (χ1v) is 7.50. The molecule has 3 heteroatoms. The summed E-state index contributed by atoms with van der Waals surface area (Å²) >= 11 is 3.62. The average molecular weight is 314 g/mol. The Hall–Kier alpha value is -0.540. The monoisotopic (exact) mass is 313 g/mol. The van der Waals surface area contributed by atoms with Crippen LogP contribution in [-0.4, -0.2) is 20.2 Å². The molecule has 0 spiro atoms. The molecule has 0 aliphatic rings. The van der Waals surface area contributed by atoms with Gasteiger partial charge in [-0.25, -0.2) is 0 Å². The van der Waals surface area contributed by atoms with Gasteiger partial charge in [-0.15, -0.1) is 0 Å². The predicted molar refractivity (Wildman–Crippen MR) is 81.4 cm³/mol. The predicted octanol–water partition coefficient (Wildman–Crippen LogP) is 4.17. The summed E-state index contributed by atoms with van der Waals surface area (Å²) in [6.45, 7) is 2.24. The van der Waals surface area contributed by atoms with Crippen LogP contribution in [-0.2, 0) is 6.42 Å². The fourth-order valence-electron chi connectivity index (χ4n) is 2.09. The van der Waals surface area contributed by atoms with Crippen molar-refractivity contribution in [3.8, 4) is 5.75 Å². The minimum Gasteiger partial charge on any atom is -0.497 e. The van der Waals surface area contributed by atoms with Crippen LogP contribution in [0, 0.1) is 0 Å². The molecule has 0 amide bonds. The lowest BCUT2D eigenvalue weighted by atomic mass is 10.0. The lowest BCUT2D eigenvalue weighted by Crippen LogP contribution is -2.27. The second-order valence-electron chi connectivity index (χ2n) is 4.64. The van der Waals surface area contributed by atoms with Gasteiger partial charge in [-0.2, -0.15) is 0 Å². The lowest BCUT2D eigenvalue weighted by molar-refractivity contribution is 0.413. The topological polar surface area (TPSA) is 21.3 Å². The molecule has 0 aromatic heterocycles. The number of hydrogen-bond donors (Lipinski definition) is 1. The SMILES string of the molecule is CCCCCC(Cc1cc(OC)ccc1Br)NC. The Balaban J connectivity index is 2.62. The highest BCUT2D eigenvalue weighted by Crippen LogP contribution is 2.24. The van der Waals surface area contributed by atoms with Crippen LogP contribution in [0.15, 0.2) is 22.7 Å². The number of hydrogen-bond acceptors (Lipinski definition) is 2. The van der Waals surface area contributed by atoms with E-state index in [0.717, 1.165) is 12.2 Å². The number of nitrogens with one attached hydrogen (secondary N) is 1. The number of unbranched alkanes of at least 4 members (excludes halogenated alkanes) is 2. The van der Waals surface area contributed by atoms with E-state index in [9.17, 15) is 0 Å². The molecule has 0 radical (unpaired) electrons. The van der Waals surface area contributed by atoms with Crippen LogP contribution in [0.4, 0.5) is 0 Å². The van der Waals surface area contributed by atoms with Gasteiger partial charge in [0.25, 0.3) is 0 Å². The molecule has 0 heterocycles. The molecule has 1 aromatic carbocycles. The molecule has 0 saturated heterocycles. The van der Waals surface area contributed by atoms with Gasteiger partial charge in [0.1, 0.15) is 5.75 Å². The van der Waals surface area contributed by atoms with Crippen molar-refractivity contribution in [3.63, 3.8) is 0 Å². The smallest absolute Gasteiger partial charge is 0.119 e. The zero-order valence-corrected chi connectivity index (χ0v) is 13.2. The van der Waals surface area contributed by atoms with Crippen molar-refractivity contribution in [2.45, 2.75) is 45.1 Å². The summed E-state index contributed by atoms with van der Waals surface area (Å²) in [6, 6.07) is 6.71. The van der Waals surface area contributed by atoms with E-state index in [1.165, 1.54) is 35.7 Å². The third-order valence-corrected chi connectivity index (χ3v) is 4.06. The summed E-state index contributed by atoms with van der Waals surface area (Å²) in [4.78, 5) is 0. The van der Waals surface area contributed by atoms with Crippen molar-refractivity contribution in [2.24, 2.45) is 0 Å². The summed E-state index contributed by atoms with van der Waals surface area (Å²) in [5, 5.41) is 3.41.